The van der Waals surface area contributed by atoms with Gasteiger partial charge in [-0.05, 0) is 42.0 Å². The summed E-state index contributed by atoms with van der Waals surface area (Å²) in [5.74, 6) is -0.853. The van der Waals surface area contributed by atoms with E-state index >= 15 is 0 Å². The number of aryl methyl sites for hydroxylation is 1. The van der Waals surface area contributed by atoms with Crippen LogP contribution in [0.3, 0.4) is 0 Å². The van der Waals surface area contributed by atoms with Crippen LogP contribution in [0.1, 0.15) is 34.4 Å². The highest BCUT2D eigenvalue weighted by atomic mass is 16.5. The van der Waals surface area contributed by atoms with Gasteiger partial charge in [0.1, 0.15) is 12.2 Å². The highest BCUT2D eigenvalue weighted by molar-refractivity contribution is 6.15. The van der Waals surface area contributed by atoms with Crippen molar-refractivity contribution in [3.63, 3.8) is 0 Å². The standard InChI is InChI=1S/C23H20N4O5/c1-3-30-23(29)21-18(17-11-7-8-12-20(17)32-21)14-31-22(28)19(27-15(2)24-25-26-27)13-16-9-5-4-6-10-16/h4-13H,3,14H2,1-2H3. The summed E-state index contributed by atoms with van der Waals surface area (Å²) < 4.78 is 17.7. The second-order valence-electron chi connectivity index (χ2n) is 6.78. The second kappa shape index (κ2) is 9.25. The molecule has 4 rings (SSSR count). The Balaban J connectivity index is 1.66. The molecule has 0 saturated heterocycles. The van der Waals surface area contributed by atoms with Gasteiger partial charge in [-0.1, -0.05) is 48.5 Å². The maximum atomic E-state index is 13.1. The quantitative estimate of drug-likeness (QED) is 0.322. The summed E-state index contributed by atoms with van der Waals surface area (Å²) in [5.41, 5.74) is 1.83. The first-order valence-corrected chi connectivity index (χ1v) is 9.95. The molecule has 0 radical (unpaired) electrons. The Bertz CT molecular complexity index is 1290. The van der Waals surface area contributed by atoms with Crippen LogP contribution in [0.15, 0.2) is 59.0 Å². The molecule has 2 aromatic heterocycles. The lowest BCUT2D eigenvalue weighted by Crippen LogP contribution is -2.16. The number of para-hydroxylation sites is 1. The summed E-state index contributed by atoms with van der Waals surface area (Å²) in [6.45, 7) is 3.37. The summed E-state index contributed by atoms with van der Waals surface area (Å²) in [4.78, 5) is 25.5. The molecule has 0 aliphatic heterocycles. The van der Waals surface area contributed by atoms with E-state index in [0.717, 1.165) is 5.56 Å². The molecule has 2 heterocycles. The van der Waals surface area contributed by atoms with Gasteiger partial charge in [0, 0.05) is 5.39 Å². The smallest absolute Gasteiger partial charge is 0.374 e. The van der Waals surface area contributed by atoms with Crippen molar-refractivity contribution in [3.05, 3.63) is 77.3 Å². The lowest BCUT2D eigenvalue weighted by molar-refractivity contribution is -0.138. The lowest BCUT2D eigenvalue weighted by atomic mass is 10.1. The molecule has 162 valence electrons. The first-order valence-electron chi connectivity index (χ1n) is 9.95. The van der Waals surface area contributed by atoms with Gasteiger partial charge in [0.2, 0.25) is 5.76 Å². The molecule has 0 saturated carbocycles. The van der Waals surface area contributed by atoms with E-state index in [9.17, 15) is 9.59 Å². The van der Waals surface area contributed by atoms with Gasteiger partial charge in [0.15, 0.2) is 11.5 Å². The Morgan fingerprint density at radius 1 is 1.06 bits per heavy atom. The zero-order valence-electron chi connectivity index (χ0n) is 17.5. The number of ether oxygens (including phenoxy) is 2. The molecule has 9 heteroatoms. The van der Waals surface area contributed by atoms with Crippen LogP contribution in [0, 0.1) is 6.92 Å². The fourth-order valence-corrected chi connectivity index (χ4v) is 3.18. The Morgan fingerprint density at radius 3 is 2.53 bits per heavy atom. The number of carbonyl (C=O) groups excluding carboxylic acids is 2. The van der Waals surface area contributed by atoms with Crippen LogP contribution < -0.4 is 0 Å². The maximum absolute atomic E-state index is 13.1. The van der Waals surface area contributed by atoms with Crippen molar-refractivity contribution in [2.75, 3.05) is 6.61 Å². The number of carbonyl (C=O) groups is 2. The molecular weight excluding hydrogens is 412 g/mol. The van der Waals surface area contributed by atoms with Crippen LogP contribution in [-0.4, -0.2) is 38.8 Å². The zero-order chi connectivity index (χ0) is 22.5. The van der Waals surface area contributed by atoms with E-state index < -0.39 is 11.9 Å². The highest BCUT2D eigenvalue weighted by Gasteiger charge is 2.24. The van der Waals surface area contributed by atoms with Gasteiger partial charge < -0.3 is 13.9 Å². The summed E-state index contributed by atoms with van der Waals surface area (Å²) in [7, 11) is 0. The number of esters is 2. The van der Waals surface area contributed by atoms with Crippen molar-refractivity contribution in [2.24, 2.45) is 0 Å². The van der Waals surface area contributed by atoms with E-state index in [4.69, 9.17) is 13.9 Å². The molecule has 2 aromatic carbocycles. The predicted molar refractivity (Wildman–Crippen MR) is 115 cm³/mol. The highest BCUT2D eigenvalue weighted by Crippen LogP contribution is 2.28. The van der Waals surface area contributed by atoms with E-state index in [0.29, 0.717) is 22.4 Å². The molecule has 0 atom stereocenters. The molecule has 0 aliphatic rings. The van der Waals surface area contributed by atoms with Gasteiger partial charge in [-0.25, -0.2) is 9.59 Å². The topological polar surface area (TPSA) is 109 Å². The third-order valence-corrected chi connectivity index (χ3v) is 4.67. The third-order valence-electron chi connectivity index (χ3n) is 4.67. The van der Waals surface area contributed by atoms with E-state index in [1.165, 1.54) is 4.68 Å². The number of tetrazole rings is 1. The molecule has 0 fully saturated rings. The number of benzene rings is 2. The normalized spacial score (nSPS) is 11.5. The average molecular weight is 432 g/mol. The first-order chi connectivity index (χ1) is 15.6. The number of fused-ring (bicyclic) bond motifs is 1. The number of furan rings is 1. The van der Waals surface area contributed by atoms with Gasteiger partial charge in [0.25, 0.3) is 0 Å². The molecule has 0 amide bonds. The van der Waals surface area contributed by atoms with Gasteiger partial charge in [-0.2, -0.15) is 4.68 Å². The zero-order valence-corrected chi connectivity index (χ0v) is 17.5. The maximum Gasteiger partial charge on any atom is 0.374 e. The minimum absolute atomic E-state index is 0.00745. The summed E-state index contributed by atoms with van der Waals surface area (Å²) in [5, 5.41) is 12.0. The summed E-state index contributed by atoms with van der Waals surface area (Å²) >= 11 is 0. The van der Waals surface area contributed by atoms with Gasteiger partial charge >= 0.3 is 11.9 Å². The summed E-state index contributed by atoms with van der Waals surface area (Å²) in [6, 6.07) is 16.4. The molecule has 0 aliphatic carbocycles. The van der Waals surface area contributed by atoms with Gasteiger partial charge in [-0.3, -0.25) is 0 Å². The Kier molecular flexibility index (Phi) is 6.07. The summed E-state index contributed by atoms with van der Waals surface area (Å²) in [6.07, 6.45) is 1.63. The van der Waals surface area contributed by atoms with Gasteiger partial charge in [-0.15, -0.1) is 5.10 Å². The minimum Gasteiger partial charge on any atom is -0.460 e. The predicted octanol–water partition coefficient (Wildman–Crippen LogP) is 3.65. The van der Waals surface area contributed by atoms with E-state index in [2.05, 4.69) is 15.5 Å². The molecule has 0 bridgehead atoms. The number of rotatable bonds is 7. The second-order valence-corrected chi connectivity index (χ2v) is 6.78. The fourth-order valence-electron chi connectivity index (χ4n) is 3.18. The van der Waals surface area contributed by atoms with Crippen molar-refractivity contribution in [2.45, 2.75) is 20.5 Å². The van der Waals surface area contributed by atoms with Crippen LogP contribution >= 0.6 is 0 Å². The average Bonchev–Trinajstić information content (AvgIpc) is 3.40. The number of hydrogen-bond donors (Lipinski definition) is 0. The molecule has 0 unspecified atom stereocenters. The number of nitrogens with zero attached hydrogens (tertiary/aromatic N) is 4. The molecule has 0 N–H and O–H groups in total. The largest absolute Gasteiger partial charge is 0.460 e. The Hall–Kier alpha value is -4.27. The van der Waals surface area contributed by atoms with Crippen molar-refractivity contribution in [3.8, 4) is 0 Å². The molecular formula is C23H20N4O5. The van der Waals surface area contributed by atoms with E-state index in [-0.39, 0.29) is 24.7 Å². The van der Waals surface area contributed by atoms with Crippen LogP contribution in [0.4, 0.5) is 0 Å². The first kappa shape index (κ1) is 21.0. The fraction of sp³-hybridized carbons (Fsp3) is 0.174. The molecule has 4 aromatic rings. The van der Waals surface area contributed by atoms with Crippen LogP contribution in [0.2, 0.25) is 0 Å². The molecule has 9 nitrogen and oxygen atoms in total. The SMILES string of the molecule is CCOC(=O)c1oc2ccccc2c1COC(=O)C(=Cc1ccccc1)n1nnnc1C. The molecule has 0 spiro atoms. The Morgan fingerprint density at radius 2 is 1.81 bits per heavy atom. The van der Waals surface area contributed by atoms with E-state index in [1.54, 1.807) is 38.1 Å². The van der Waals surface area contributed by atoms with Gasteiger partial charge in [0.05, 0.1) is 12.2 Å². The third kappa shape index (κ3) is 4.27. The van der Waals surface area contributed by atoms with Crippen molar-refractivity contribution in [1.29, 1.82) is 0 Å². The number of hydrogen-bond acceptors (Lipinski definition) is 8. The number of aromatic nitrogens is 4. The van der Waals surface area contributed by atoms with Crippen LogP contribution in [0.5, 0.6) is 0 Å². The monoisotopic (exact) mass is 432 g/mol. The van der Waals surface area contributed by atoms with Crippen molar-refractivity contribution >= 4 is 34.7 Å². The Labute approximate surface area is 183 Å². The lowest BCUT2D eigenvalue weighted by Gasteiger charge is -2.09. The van der Waals surface area contributed by atoms with Crippen molar-refractivity contribution in [1.82, 2.24) is 20.2 Å². The van der Waals surface area contributed by atoms with Crippen LogP contribution in [-0.2, 0) is 20.9 Å². The van der Waals surface area contributed by atoms with E-state index in [1.807, 2.05) is 36.4 Å². The van der Waals surface area contributed by atoms with Crippen molar-refractivity contribution < 1.29 is 23.5 Å². The van der Waals surface area contributed by atoms with Crippen LogP contribution in [0.25, 0.3) is 22.7 Å². The minimum atomic E-state index is -0.663. The molecule has 32 heavy (non-hydrogen) atoms.